The van der Waals surface area contributed by atoms with Gasteiger partial charge in [0.25, 0.3) is 0 Å². The van der Waals surface area contributed by atoms with Gasteiger partial charge >= 0.3 is 0 Å². The van der Waals surface area contributed by atoms with Crippen molar-refractivity contribution in [3.8, 4) is 0 Å². The van der Waals surface area contributed by atoms with E-state index in [1.54, 1.807) is 24.3 Å². The van der Waals surface area contributed by atoms with Gasteiger partial charge in [-0.1, -0.05) is 49.4 Å². The molecular formula is C19H24N2O3S. The van der Waals surface area contributed by atoms with Crippen molar-refractivity contribution in [3.05, 3.63) is 65.7 Å². The second-order valence-electron chi connectivity index (χ2n) is 5.92. The molecule has 134 valence electrons. The van der Waals surface area contributed by atoms with Gasteiger partial charge in [0.15, 0.2) is 0 Å². The lowest BCUT2D eigenvalue weighted by molar-refractivity contribution is -0.119. The van der Waals surface area contributed by atoms with E-state index in [0.717, 1.165) is 17.5 Å². The first-order chi connectivity index (χ1) is 11.9. The summed E-state index contributed by atoms with van der Waals surface area (Å²) in [4.78, 5) is 11.1. The minimum Gasteiger partial charge on any atom is -0.352 e. The van der Waals surface area contributed by atoms with Crippen LogP contribution in [0.2, 0.25) is 0 Å². The van der Waals surface area contributed by atoms with Gasteiger partial charge in [-0.2, -0.15) is 0 Å². The van der Waals surface area contributed by atoms with Crippen molar-refractivity contribution >= 4 is 15.9 Å². The molecule has 0 aliphatic carbocycles. The predicted octanol–water partition coefficient (Wildman–Crippen LogP) is 2.79. The quantitative estimate of drug-likeness (QED) is 0.760. The molecule has 25 heavy (non-hydrogen) atoms. The monoisotopic (exact) mass is 360 g/mol. The first kappa shape index (κ1) is 19.1. The fourth-order valence-electron chi connectivity index (χ4n) is 2.53. The molecule has 0 radical (unpaired) electrons. The van der Waals surface area contributed by atoms with Gasteiger partial charge in [0.2, 0.25) is 15.9 Å². The molecule has 1 amide bonds. The van der Waals surface area contributed by atoms with E-state index >= 15 is 0 Å². The highest BCUT2D eigenvalue weighted by Crippen LogP contribution is 2.19. The summed E-state index contributed by atoms with van der Waals surface area (Å²) in [6, 6.07) is 16.4. The second-order valence-corrected chi connectivity index (χ2v) is 7.69. The van der Waals surface area contributed by atoms with Crippen molar-refractivity contribution in [1.82, 2.24) is 10.0 Å². The number of benzene rings is 2. The molecule has 0 aliphatic rings. The lowest BCUT2D eigenvalue weighted by Gasteiger charge is -2.16. The van der Waals surface area contributed by atoms with Crippen molar-refractivity contribution in [1.29, 1.82) is 0 Å². The van der Waals surface area contributed by atoms with Crippen LogP contribution in [0.25, 0.3) is 0 Å². The lowest BCUT2D eigenvalue weighted by Crippen LogP contribution is -2.28. The number of amides is 1. The minimum absolute atomic E-state index is 0.120. The summed E-state index contributed by atoms with van der Waals surface area (Å²) in [5.74, 6) is 0.0138. The Balaban J connectivity index is 2.02. The van der Waals surface area contributed by atoms with Crippen LogP contribution in [0.5, 0.6) is 0 Å². The smallest absolute Gasteiger partial charge is 0.240 e. The third kappa shape index (κ3) is 5.69. The van der Waals surface area contributed by atoms with Crippen molar-refractivity contribution in [2.75, 3.05) is 6.54 Å². The zero-order valence-corrected chi connectivity index (χ0v) is 15.3. The van der Waals surface area contributed by atoms with Crippen LogP contribution in [0.3, 0.4) is 0 Å². The minimum atomic E-state index is -3.56. The first-order valence-corrected chi connectivity index (χ1v) is 9.78. The SMILES string of the molecule is CCC(CNS(=O)(=O)c1ccc(CNC(C)=O)cc1)c1ccccc1. The molecule has 5 nitrogen and oxygen atoms in total. The summed E-state index contributed by atoms with van der Waals surface area (Å²) in [5.41, 5.74) is 1.98. The topological polar surface area (TPSA) is 75.3 Å². The molecule has 2 rings (SSSR count). The van der Waals surface area contributed by atoms with Crippen LogP contribution in [-0.2, 0) is 21.4 Å². The third-order valence-corrected chi connectivity index (χ3v) is 5.50. The van der Waals surface area contributed by atoms with Crippen LogP contribution in [0, 0.1) is 0 Å². The molecule has 0 aliphatic heterocycles. The molecule has 2 aromatic rings. The van der Waals surface area contributed by atoms with Gasteiger partial charge < -0.3 is 5.32 Å². The predicted molar refractivity (Wildman–Crippen MR) is 98.6 cm³/mol. The number of carbonyl (C=O) groups excluding carboxylic acids is 1. The van der Waals surface area contributed by atoms with Gasteiger partial charge in [-0.05, 0) is 35.6 Å². The summed E-state index contributed by atoms with van der Waals surface area (Å²) < 4.78 is 27.7. The first-order valence-electron chi connectivity index (χ1n) is 8.30. The Kier molecular flexibility index (Phi) is 6.73. The van der Waals surface area contributed by atoms with Crippen LogP contribution in [0.1, 0.15) is 37.3 Å². The average molecular weight is 360 g/mol. The molecule has 0 heterocycles. The number of sulfonamides is 1. The van der Waals surface area contributed by atoms with E-state index in [1.165, 1.54) is 6.92 Å². The summed E-state index contributed by atoms with van der Waals surface area (Å²) in [6.07, 6.45) is 0.849. The average Bonchev–Trinajstić information content (AvgIpc) is 2.61. The summed E-state index contributed by atoms with van der Waals surface area (Å²) in [7, 11) is -3.56. The standard InChI is InChI=1S/C19H24N2O3S/c1-3-17(18-7-5-4-6-8-18)14-21-25(23,24)19-11-9-16(10-12-19)13-20-15(2)22/h4-12,17,21H,3,13-14H2,1-2H3,(H,20,22). The summed E-state index contributed by atoms with van der Waals surface area (Å²) in [6.45, 7) is 4.23. The van der Waals surface area contributed by atoms with Gasteiger partial charge in [-0.3, -0.25) is 4.79 Å². The highest BCUT2D eigenvalue weighted by Gasteiger charge is 2.17. The van der Waals surface area contributed by atoms with Crippen LogP contribution < -0.4 is 10.0 Å². The number of rotatable bonds is 8. The van der Waals surface area contributed by atoms with Crippen LogP contribution in [0.15, 0.2) is 59.5 Å². The fraction of sp³-hybridized carbons (Fsp3) is 0.316. The summed E-state index contributed by atoms with van der Waals surface area (Å²) >= 11 is 0. The van der Waals surface area contributed by atoms with Gasteiger partial charge in [-0.25, -0.2) is 13.1 Å². The van der Waals surface area contributed by atoms with E-state index in [1.807, 2.05) is 37.3 Å². The third-order valence-electron chi connectivity index (χ3n) is 4.06. The molecule has 0 aromatic heterocycles. The van der Waals surface area contributed by atoms with Gasteiger partial charge in [0.1, 0.15) is 0 Å². The van der Waals surface area contributed by atoms with E-state index in [4.69, 9.17) is 0 Å². The highest BCUT2D eigenvalue weighted by molar-refractivity contribution is 7.89. The van der Waals surface area contributed by atoms with Crippen molar-refractivity contribution in [3.63, 3.8) is 0 Å². The molecule has 0 saturated carbocycles. The zero-order valence-electron chi connectivity index (χ0n) is 14.5. The largest absolute Gasteiger partial charge is 0.352 e. The second kappa shape index (κ2) is 8.78. The Morgan fingerprint density at radius 3 is 2.24 bits per heavy atom. The van der Waals surface area contributed by atoms with E-state index in [2.05, 4.69) is 10.0 Å². The molecule has 0 saturated heterocycles. The molecule has 2 aromatic carbocycles. The Bertz CT molecular complexity index is 787. The van der Waals surface area contributed by atoms with E-state index in [-0.39, 0.29) is 16.7 Å². The number of nitrogens with one attached hydrogen (secondary N) is 2. The molecule has 0 bridgehead atoms. The van der Waals surface area contributed by atoms with Crippen LogP contribution in [0.4, 0.5) is 0 Å². The Morgan fingerprint density at radius 1 is 1.04 bits per heavy atom. The van der Waals surface area contributed by atoms with Gasteiger partial charge in [0, 0.05) is 20.0 Å². The maximum absolute atomic E-state index is 12.5. The molecule has 2 N–H and O–H groups in total. The maximum atomic E-state index is 12.5. The molecule has 0 spiro atoms. The van der Waals surface area contributed by atoms with E-state index < -0.39 is 10.0 Å². The van der Waals surface area contributed by atoms with Crippen molar-refractivity contribution < 1.29 is 13.2 Å². The Labute approximate surface area is 149 Å². The molecule has 1 unspecified atom stereocenters. The van der Waals surface area contributed by atoms with Crippen LogP contribution >= 0.6 is 0 Å². The Hall–Kier alpha value is -2.18. The number of hydrogen-bond donors (Lipinski definition) is 2. The van der Waals surface area contributed by atoms with Gasteiger partial charge in [0.05, 0.1) is 4.90 Å². The normalized spacial score (nSPS) is 12.6. The van der Waals surface area contributed by atoms with Gasteiger partial charge in [-0.15, -0.1) is 0 Å². The molecular weight excluding hydrogens is 336 g/mol. The van der Waals surface area contributed by atoms with E-state index in [0.29, 0.717) is 13.1 Å². The molecule has 1 atom stereocenters. The van der Waals surface area contributed by atoms with Crippen LogP contribution in [-0.4, -0.2) is 20.9 Å². The Morgan fingerprint density at radius 2 is 1.68 bits per heavy atom. The molecule has 6 heteroatoms. The van der Waals surface area contributed by atoms with Crippen molar-refractivity contribution in [2.24, 2.45) is 0 Å². The summed E-state index contributed by atoms with van der Waals surface area (Å²) in [5, 5.41) is 2.68. The lowest BCUT2D eigenvalue weighted by atomic mass is 9.97. The molecule has 0 fully saturated rings. The number of hydrogen-bond acceptors (Lipinski definition) is 3. The fourth-order valence-corrected chi connectivity index (χ4v) is 3.61. The highest BCUT2D eigenvalue weighted by atomic mass is 32.2. The van der Waals surface area contributed by atoms with E-state index in [9.17, 15) is 13.2 Å². The van der Waals surface area contributed by atoms with Crippen molar-refractivity contribution in [2.45, 2.75) is 37.6 Å². The zero-order chi connectivity index (χ0) is 18.3. The number of carbonyl (C=O) groups is 1. The maximum Gasteiger partial charge on any atom is 0.240 e.